The van der Waals surface area contributed by atoms with E-state index >= 15 is 0 Å². The Morgan fingerprint density at radius 1 is 1.24 bits per heavy atom. The van der Waals surface area contributed by atoms with E-state index < -0.39 is 0 Å². The number of hydrogen-bond donors (Lipinski definition) is 2. The Bertz CT molecular complexity index is 681. The Hall–Kier alpha value is -2.15. The molecule has 1 aromatic carbocycles. The maximum Gasteiger partial charge on any atom is 0.321 e. The van der Waals surface area contributed by atoms with Gasteiger partial charge in [0.05, 0.1) is 7.11 Å². The van der Waals surface area contributed by atoms with Gasteiger partial charge >= 0.3 is 6.03 Å². The molecule has 1 aliphatic carbocycles. The summed E-state index contributed by atoms with van der Waals surface area (Å²) in [7, 11) is 1.65. The average molecular weight is 360 g/mol. The minimum atomic E-state index is -0.204. The lowest BCUT2D eigenvalue weighted by molar-refractivity contribution is 0.251. The van der Waals surface area contributed by atoms with Crippen LogP contribution in [0.4, 0.5) is 9.93 Å². The molecule has 7 heteroatoms. The zero-order valence-corrected chi connectivity index (χ0v) is 15.3. The van der Waals surface area contributed by atoms with Gasteiger partial charge in [0.25, 0.3) is 0 Å². The minimum absolute atomic E-state index is 0.204. The monoisotopic (exact) mass is 360 g/mol. The summed E-state index contributed by atoms with van der Waals surface area (Å²) in [5.74, 6) is 1.61. The van der Waals surface area contributed by atoms with Crippen LogP contribution in [0, 0.1) is 5.92 Å². The van der Waals surface area contributed by atoms with Gasteiger partial charge in [0, 0.05) is 13.0 Å². The van der Waals surface area contributed by atoms with Gasteiger partial charge in [-0.2, -0.15) is 0 Å². The van der Waals surface area contributed by atoms with E-state index in [4.69, 9.17) is 4.74 Å². The predicted molar refractivity (Wildman–Crippen MR) is 99.3 cm³/mol. The van der Waals surface area contributed by atoms with Crippen molar-refractivity contribution in [1.82, 2.24) is 15.5 Å². The van der Waals surface area contributed by atoms with Crippen molar-refractivity contribution in [2.75, 3.05) is 19.0 Å². The molecule has 0 spiro atoms. The second-order valence-corrected chi connectivity index (χ2v) is 7.41. The topological polar surface area (TPSA) is 76.1 Å². The molecule has 1 aromatic heterocycles. The summed E-state index contributed by atoms with van der Waals surface area (Å²) in [6.07, 6.45) is 7.01. The van der Waals surface area contributed by atoms with E-state index in [2.05, 4.69) is 20.8 Å². The molecule has 0 unspecified atom stereocenters. The third-order valence-electron chi connectivity index (χ3n) is 4.51. The molecular formula is C18H24N4O2S. The van der Waals surface area contributed by atoms with E-state index in [0.717, 1.165) is 28.7 Å². The fraction of sp³-hybridized carbons (Fsp3) is 0.500. The summed E-state index contributed by atoms with van der Waals surface area (Å²) in [5, 5.41) is 15.3. The Labute approximate surface area is 152 Å². The number of methoxy groups -OCH3 is 1. The summed E-state index contributed by atoms with van der Waals surface area (Å²) in [6.45, 7) is 0.716. The number of carbonyl (C=O) groups is 1. The van der Waals surface area contributed by atoms with E-state index in [-0.39, 0.29) is 6.03 Å². The van der Waals surface area contributed by atoms with Gasteiger partial charge in [-0.3, -0.25) is 5.32 Å². The Balaban J connectivity index is 1.43. The zero-order chi connectivity index (χ0) is 17.5. The number of hydrogen-bond acceptors (Lipinski definition) is 5. The minimum Gasteiger partial charge on any atom is -0.497 e. The van der Waals surface area contributed by atoms with Crippen molar-refractivity contribution in [1.29, 1.82) is 0 Å². The molecule has 1 fully saturated rings. The number of nitrogens with zero attached hydrogens (tertiary/aromatic N) is 2. The summed E-state index contributed by atoms with van der Waals surface area (Å²) >= 11 is 1.40. The zero-order valence-electron chi connectivity index (χ0n) is 14.5. The summed E-state index contributed by atoms with van der Waals surface area (Å²) in [5.41, 5.74) is 1.13. The van der Waals surface area contributed by atoms with Crippen LogP contribution in [0.1, 0.15) is 42.7 Å². The molecule has 1 aliphatic rings. The van der Waals surface area contributed by atoms with Crippen LogP contribution in [0.15, 0.2) is 24.3 Å². The second-order valence-electron chi connectivity index (χ2n) is 6.35. The van der Waals surface area contributed by atoms with Crippen LogP contribution in [0.2, 0.25) is 0 Å². The van der Waals surface area contributed by atoms with Crippen LogP contribution >= 0.6 is 11.3 Å². The molecule has 1 heterocycles. The van der Waals surface area contributed by atoms with Gasteiger partial charge in [-0.25, -0.2) is 4.79 Å². The Kier molecular flexibility index (Phi) is 6.22. The van der Waals surface area contributed by atoms with Crippen LogP contribution in [0.25, 0.3) is 0 Å². The summed E-state index contributed by atoms with van der Waals surface area (Å²) in [6, 6.07) is 7.65. The van der Waals surface area contributed by atoms with Crippen molar-refractivity contribution in [3.05, 3.63) is 34.8 Å². The smallest absolute Gasteiger partial charge is 0.321 e. The highest BCUT2D eigenvalue weighted by Crippen LogP contribution is 2.27. The molecule has 2 amide bonds. The number of aromatic nitrogens is 2. The first-order valence-corrected chi connectivity index (χ1v) is 9.55. The number of carbonyl (C=O) groups excluding carboxylic acids is 1. The maximum atomic E-state index is 11.9. The molecule has 0 aliphatic heterocycles. The molecule has 134 valence electrons. The summed E-state index contributed by atoms with van der Waals surface area (Å²) in [4.78, 5) is 11.9. The Morgan fingerprint density at radius 2 is 2.00 bits per heavy atom. The number of nitrogens with one attached hydrogen (secondary N) is 2. The third-order valence-corrected chi connectivity index (χ3v) is 5.35. The average Bonchev–Trinajstić information content (AvgIpc) is 3.28. The Morgan fingerprint density at radius 3 is 2.72 bits per heavy atom. The molecule has 0 atom stereocenters. The number of ether oxygens (including phenoxy) is 1. The van der Waals surface area contributed by atoms with Crippen molar-refractivity contribution in [3.8, 4) is 5.75 Å². The van der Waals surface area contributed by atoms with Crippen LogP contribution in [0.3, 0.4) is 0 Å². The van der Waals surface area contributed by atoms with Crippen LogP contribution in [0.5, 0.6) is 5.75 Å². The fourth-order valence-corrected chi connectivity index (χ4v) is 3.89. The largest absolute Gasteiger partial charge is 0.497 e. The predicted octanol–water partition coefficient (Wildman–Crippen LogP) is 3.84. The lowest BCUT2D eigenvalue weighted by Gasteiger charge is -2.09. The molecule has 3 rings (SSSR count). The lowest BCUT2D eigenvalue weighted by atomic mass is 10.0. The number of anilines is 1. The number of benzene rings is 1. The van der Waals surface area contributed by atoms with Gasteiger partial charge in [-0.1, -0.05) is 49.2 Å². The normalized spacial score (nSPS) is 14.4. The standard InChI is InChI=1S/C18H24N4O2S/c1-24-15-8-6-14(7-9-15)12-16-21-22-18(25-16)20-17(23)19-11-10-13-4-2-3-5-13/h6-9,13H,2-5,10-12H2,1H3,(H2,19,20,22,23). The van der Waals surface area contributed by atoms with Crippen molar-refractivity contribution < 1.29 is 9.53 Å². The van der Waals surface area contributed by atoms with Crippen molar-refractivity contribution >= 4 is 22.5 Å². The SMILES string of the molecule is COc1ccc(Cc2nnc(NC(=O)NCCC3CCCC3)s2)cc1. The van der Waals surface area contributed by atoms with Crippen LogP contribution < -0.4 is 15.4 Å². The highest BCUT2D eigenvalue weighted by molar-refractivity contribution is 7.15. The number of rotatable bonds is 7. The van der Waals surface area contributed by atoms with Gasteiger partial charge in [-0.05, 0) is 30.0 Å². The second kappa shape index (κ2) is 8.80. The fourth-order valence-electron chi connectivity index (χ4n) is 3.12. The molecule has 0 saturated heterocycles. The summed E-state index contributed by atoms with van der Waals surface area (Å²) < 4.78 is 5.15. The van der Waals surface area contributed by atoms with Gasteiger partial charge in [0.1, 0.15) is 10.8 Å². The molecule has 0 radical (unpaired) electrons. The molecular weight excluding hydrogens is 336 g/mol. The first kappa shape index (κ1) is 17.7. The highest BCUT2D eigenvalue weighted by atomic mass is 32.1. The molecule has 2 aromatic rings. The lowest BCUT2D eigenvalue weighted by Crippen LogP contribution is -2.30. The van der Waals surface area contributed by atoms with E-state index in [1.165, 1.54) is 37.0 Å². The van der Waals surface area contributed by atoms with Gasteiger partial charge in [0.15, 0.2) is 0 Å². The van der Waals surface area contributed by atoms with E-state index in [0.29, 0.717) is 18.1 Å². The quantitative estimate of drug-likeness (QED) is 0.786. The van der Waals surface area contributed by atoms with Crippen molar-refractivity contribution in [2.24, 2.45) is 5.92 Å². The molecule has 25 heavy (non-hydrogen) atoms. The molecule has 2 N–H and O–H groups in total. The first-order valence-electron chi connectivity index (χ1n) is 8.73. The van der Waals surface area contributed by atoms with Gasteiger partial charge < -0.3 is 10.1 Å². The first-order chi connectivity index (χ1) is 12.2. The van der Waals surface area contributed by atoms with E-state index in [1.54, 1.807) is 7.11 Å². The van der Waals surface area contributed by atoms with Gasteiger partial charge in [0.2, 0.25) is 5.13 Å². The molecule has 0 bridgehead atoms. The molecule has 6 nitrogen and oxygen atoms in total. The van der Waals surface area contributed by atoms with Crippen molar-refractivity contribution in [3.63, 3.8) is 0 Å². The van der Waals surface area contributed by atoms with Gasteiger partial charge in [-0.15, -0.1) is 10.2 Å². The molecule has 1 saturated carbocycles. The number of amides is 2. The third kappa shape index (κ3) is 5.42. The van der Waals surface area contributed by atoms with Crippen LogP contribution in [-0.4, -0.2) is 29.9 Å². The number of urea groups is 1. The van der Waals surface area contributed by atoms with E-state index in [9.17, 15) is 4.79 Å². The maximum absolute atomic E-state index is 11.9. The van der Waals surface area contributed by atoms with E-state index in [1.807, 2.05) is 24.3 Å². The van der Waals surface area contributed by atoms with Crippen molar-refractivity contribution in [2.45, 2.75) is 38.5 Å². The van der Waals surface area contributed by atoms with Crippen LogP contribution in [-0.2, 0) is 6.42 Å². The highest BCUT2D eigenvalue weighted by Gasteiger charge is 2.15.